The number of aliphatic hydroxyl groups is 1. The van der Waals surface area contributed by atoms with E-state index in [2.05, 4.69) is 12.1 Å². The van der Waals surface area contributed by atoms with Crippen LogP contribution in [0.2, 0.25) is 5.02 Å². The fourth-order valence-corrected chi connectivity index (χ4v) is 2.69. The lowest BCUT2D eigenvalue weighted by atomic mass is 9.91. The SMILES string of the molecule is OC1(c2ccc(Cl)cc2)Cc2ccccc2C1. The van der Waals surface area contributed by atoms with E-state index in [0.29, 0.717) is 17.9 Å². The van der Waals surface area contributed by atoms with Gasteiger partial charge in [-0.25, -0.2) is 0 Å². The maximum atomic E-state index is 10.7. The van der Waals surface area contributed by atoms with Crippen LogP contribution in [-0.4, -0.2) is 5.11 Å². The second-order valence-electron chi connectivity index (χ2n) is 4.66. The Hall–Kier alpha value is -1.31. The zero-order valence-corrected chi connectivity index (χ0v) is 10.1. The molecular formula is C15H13ClO. The van der Waals surface area contributed by atoms with Crippen molar-refractivity contribution in [2.45, 2.75) is 18.4 Å². The highest BCUT2D eigenvalue weighted by Crippen LogP contribution is 2.37. The van der Waals surface area contributed by atoms with Crippen molar-refractivity contribution in [3.63, 3.8) is 0 Å². The van der Waals surface area contributed by atoms with E-state index in [9.17, 15) is 5.11 Å². The Bertz CT molecular complexity index is 520. The van der Waals surface area contributed by atoms with Crippen molar-refractivity contribution in [1.29, 1.82) is 0 Å². The minimum Gasteiger partial charge on any atom is -0.384 e. The van der Waals surface area contributed by atoms with Crippen molar-refractivity contribution >= 4 is 11.6 Å². The summed E-state index contributed by atoms with van der Waals surface area (Å²) in [4.78, 5) is 0. The van der Waals surface area contributed by atoms with Gasteiger partial charge in [-0.05, 0) is 28.8 Å². The molecule has 2 aromatic carbocycles. The highest BCUT2D eigenvalue weighted by Gasteiger charge is 2.36. The molecule has 0 amide bonds. The van der Waals surface area contributed by atoms with Gasteiger partial charge < -0.3 is 5.11 Å². The summed E-state index contributed by atoms with van der Waals surface area (Å²) in [6.45, 7) is 0. The largest absolute Gasteiger partial charge is 0.384 e. The van der Waals surface area contributed by atoms with Gasteiger partial charge >= 0.3 is 0 Å². The third-order valence-electron chi connectivity index (χ3n) is 3.47. The Kier molecular flexibility index (Phi) is 2.46. The molecule has 1 N–H and O–H groups in total. The van der Waals surface area contributed by atoms with Crippen LogP contribution in [0.4, 0.5) is 0 Å². The maximum absolute atomic E-state index is 10.7. The zero-order valence-electron chi connectivity index (χ0n) is 9.36. The maximum Gasteiger partial charge on any atom is 0.0977 e. The molecule has 0 atom stereocenters. The molecule has 3 rings (SSSR count). The predicted molar refractivity (Wildman–Crippen MR) is 69.2 cm³/mol. The molecule has 0 spiro atoms. The third kappa shape index (κ3) is 1.86. The topological polar surface area (TPSA) is 20.2 Å². The molecule has 1 nitrogen and oxygen atoms in total. The van der Waals surface area contributed by atoms with Gasteiger partial charge in [0.25, 0.3) is 0 Å². The Labute approximate surface area is 106 Å². The molecule has 1 aliphatic rings. The molecule has 2 heteroatoms. The number of benzene rings is 2. The van der Waals surface area contributed by atoms with E-state index >= 15 is 0 Å². The average Bonchev–Trinajstić information content (AvgIpc) is 2.67. The number of fused-ring (bicyclic) bond motifs is 1. The molecule has 1 aliphatic carbocycles. The van der Waals surface area contributed by atoms with E-state index in [1.165, 1.54) is 11.1 Å². The standard InChI is InChI=1S/C15H13ClO/c16-14-7-5-13(6-8-14)15(17)9-11-3-1-2-4-12(11)10-15/h1-8,17H,9-10H2. The molecule has 2 aromatic rings. The number of rotatable bonds is 1. The van der Waals surface area contributed by atoms with Gasteiger partial charge in [-0.2, -0.15) is 0 Å². The van der Waals surface area contributed by atoms with Crippen LogP contribution in [0, 0.1) is 0 Å². The fraction of sp³-hybridized carbons (Fsp3) is 0.200. The van der Waals surface area contributed by atoms with Gasteiger partial charge in [-0.3, -0.25) is 0 Å². The second-order valence-corrected chi connectivity index (χ2v) is 5.10. The number of hydrogen-bond acceptors (Lipinski definition) is 1. The minimum atomic E-state index is -0.770. The quantitative estimate of drug-likeness (QED) is 0.816. The first kappa shape index (κ1) is 10.8. The van der Waals surface area contributed by atoms with Crippen LogP contribution in [0.3, 0.4) is 0 Å². The number of halogens is 1. The molecule has 0 heterocycles. The van der Waals surface area contributed by atoms with Crippen LogP contribution < -0.4 is 0 Å². The predicted octanol–water partition coefficient (Wildman–Crippen LogP) is 3.33. The summed E-state index contributed by atoms with van der Waals surface area (Å²) in [6.07, 6.45) is 1.37. The van der Waals surface area contributed by atoms with E-state index in [1.54, 1.807) is 0 Å². The molecule has 0 bridgehead atoms. The van der Waals surface area contributed by atoms with Gasteiger partial charge in [0.1, 0.15) is 0 Å². The third-order valence-corrected chi connectivity index (χ3v) is 3.72. The summed E-state index contributed by atoms with van der Waals surface area (Å²) in [7, 11) is 0. The molecule has 86 valence electrons. The first-order valence-corrected chi connectivity index (χ1v) is 6.10. The lowest BCUT2D eigenvalue weighted by Gasteiger charge is -2.22. The van der Waals surface area contributed by atoms with E-state index < -0.39 is 5.60 Å². The normalized spacial score (nSPS) is 16.8. The Morgan fingerprint density at radius 3 is 1.94 bits per heavy atom. The van der Waals surface area contributed by atoms with Crippen LogP contribution in [0.25, 0.3) is 0 Å². The monoisotopic (exact) mass is 244 g/mol. The van der Waals surface area contributed by atoms with Crippen molar-refractivity contribution in [2.24, 2.45) is 0 Å². The van der Waals surface area contributed by atoms with Gasteiger partial charge in [-0.15, -0.1) is 0 Å². The first-order valence-electron chi connectivity index (χ1n) is 5.73. The van der Waals surface area contributed by atoms with Crippen molar-refractivity contribution < 1.29 is 5.11 Å². The van der Waals surface area contributed by atoms with Crippen LogP contribution >= 0.6 is 11.6 Å². The molecule has 0 saturated carbocycles. The Morgan fingerprint density at radius 2 is 1.41 bits per heavy atom. The average molecular weight is 245 g/mol. The Balaban J connectivity index is 1.98. The summed E-state index contributed by atoms with van der Waals surface area (Å²) in [5, 5.41) is 11.4. The lowest BCUT2D eigenvalue weighted by molar-refractivity contribution is 0.0482. The van der Waals surface area contributed by atoms with Gasteiger partial charge in [0, 0.05) is 17.9 Å². The molecule has 0 fully saturated rings. The highest BCUT2D eigenvalue weighted by molar-refractivity contribution is 6.30. The van der Waals surface area contributed by atoms with Crippen LogP contribution in [0.1, 0.15) is 16.7 Å². The van der Waals surface area contributed by atoms with E-state index in [0.717, 1.165) is 5.56 Å². The summed E-state index contributed by atoms with van der Waals surface area (Å²) < 4.78 is 0. The van der Waals surface area contributed by atoms with Crippen molar-refractivity contribution in [2.75, 3.05) is 0 Å². The van der Waals surface area contributed by atoms with Gasteiger partial charge in [0.2, 0.25) is 0 Å². The molecular weight excluding hydrogens is 232 g/mol. The van der Waals surface area contributed by atoms with Crippen molar-refractivity contribution in [1.82, 2.24) is 0 Å². The van der Waals surface area contributed by atoms with Gasteiger partial charge in [-0.1, -0.05) is 48.0 Å². The molecule has 0 saturated heterocycles. The first-order chi connectivity index (χ1) is 8.17. The van der Waals surface area contributed by atoms with Crippen molar-refractivity contribution in [3.05, 3.63) is 70.2 Å². The van der Waals surface area contributed by atoms with E-state index in [4.69, 9.17) is 11.6 Å². The van der Waals surface area contributed by atoms with Gasteiger partial charge in [0.15, 0.2) is 0 Å². The molecule has 17 heavy (non-hydrogen) atoms. The van der Waals surface area contributed by atoms with Gasteiger partial charge in [0.05, 0.1) is 5.60 Å². The summed E-state index contributed by atoms with van der Waals surface area (Å²) in [6, 6.07) is 15.7. The van der Waals surface area contributed by atoms with Crippen LogP contribution in [0.5, 0.6) is 0 Å². The molecule has 0 aromatic heterocycles. The van der Waals surface area contributed by atoms with Crippen LogP contribution in [-0.2, 0) is 18.4 Å². The van der Waals surface area contributed by atoms with Crippen LogP contribution in [0.15, 0.2) is 48.5 Å². The fourth-order valence-electron chi connectivity index (χ4n) is 2.56. The summed E-state index contributed by atoms with van der Waals surface area (Å²) in [5.41, 5.74) is 2.65. The number of hydrogen-bond donors (Lipinski definition) is 1. The summed E-state index contributed by atoms with van der Waals surface area (Å²) >= 11 is 5.87. The zero-order chi connectivity index (χ0) is 11.9. The molecule has 0 radical (unpaired) electrons. The molecule has 0 unspecified atom stereocenters. The Morgan fingerprint density at radius 1 is 0.882 bits per heavy atom. The van der Waals surface area contributed by atoms with E-state index in [-0.39, 0.29) is 0 Å². The van der Waals surface area contributed by atoms with Crippen molar-refractivity contribution in [3.8, 4) is 0 Å². The smallest absolute Gasteiger partial charge is 0.0977 e. The molecule has 0 aliphatic heterocycles. The minimum absolute atomic E-state index is 0.685. The van der Waals surface area contributed by atoms with E-state index in [1.807, 2.05) is 36.4 Å². The lowest BCUT2D eigenvalue weighted by Crippen LogP contribution is -2.25. The summed E-state index contributed by atoms with van der Waals surface area (Å²) in [5.74, 6) is 0. The highest BCUT2D eigenvalue weighted by atomic mass is 35.5. The second kappa shape index (κ2) is 3.86.